The highest BCUT2D eigenvalue weighted by molar-refractivity contribution is 5.98. The van der Waals surface area contributed by atoms with Crippen LogP contribution in [0.3, 0.4) is 0 Å². The van der Waals surface area contributed by atoms with Crippen molar-refractivity contribution >= 4 is 11.8 Å². The fourth-order valence-corrected chi connectivity index (χ4v) is 4.54. The maximum atomic E-state index is 13.2. The molecule has 3 aromatic carbocycles. The van der Waals surface area contributed by atoms with E-state index in [1.165, 1.54) is 22.9 Å². The van der Waals surface area contributed by atoms with Crippen LogP contribution in [0.2, 0.25) is 0 Å². The third-order valence-electron chi connectivity index (χ3n) is 6.55. The zero-order valence-electron chi connectivity index (χ0n) is 20.4. The zero-order chi connectivity index (χ0) is 26.7. The van der Waals surface area contributed by atoms with Gasteiger partial charge in [0, 0.05) is 19.2 Å². The molecule has 0 spiro atoms. The molecule has 1 N–H and O–H groups in total. The first-order valence-corrected chi connectivity index (χ1v) is 12.2. The summed E-state index contributed by atoms with van der Waals surface area (Å²) in [5.74, 6) is -0.717. The summed E-state index contributed by atoms with van der Waals surface area (Å²) in [5, 5.41) is 7.43. The summed E-state index contributed by atoms with van der Waals surface area (Å²) in [6, 6.07) is 25.4. The van der Waals surface area contributed by atoms with Gasteiger partial charge in [0.25, 0.3) is 11.8 Å². The summed E-state index contributed by atoms with van der Waals surface area (Å²) >= 11 is 0. The van der Waals surface area contributed by atoms with Crippen LogP contribution in [0.4, 0.5) is 13.2 Å². The minimum Gasteiger partial charge on any atom is -0.344 e. The SMILES string of the molecule is O=C(N[C@H](Cc1ccccc1)c1ccccc1)c1cc2n(n1)CCN(Cc1ccc(C(F)(F)F)cc1)C2=O. The molecular formula is C29H25F3N4O2. The first-order valence-electron chi connectivity index (χ1n) is 12.2. The van der Waals surface area contributed by atoms with E-state index in [1.54, 1.807) is 4.90 Å². The number of aromatic nitrogens is 2. The van der Waals surface area contributed by atoms with E-state index in [1.807, 2.05) is 60.7 Å². The molecule has 6 nitrogen and oxygen atoms in total. The molecule has 0 bridgehead atoms. The lowest BCUT2D eigenvalue weighted by Gasteiger charge is -2.27. The van der Waals surface area contributed by atoms with Crippen molar-refractivity contribution in [3.8, 4) is 0 Å². The number of nitrogens with one attached hydrogen (secondary N) is 1. The van der Waals surface area contributed by atoms with Crippen molar-refractivity contribution in [3.63, 3.8) is 0 Å². The molecular weight excluding hydrogens is 493 g/mol. The molecule has 4 aromatic rings. The number of carbonyl (C=O) groups is 2. The van der Waals surface area contributed by atoms with Gasteiger partial charge in [-0.05, 0) is 35.2 Å². The summed E-state index contributed by atoms with van der Waals surface area (Å²) in [6.07, 6.45) is -3.83. The molecule has 5 rings (SSSR count). The Kier molecular flexibility index (Phi) is 7.00. The average molecular weight is 519 g/mol. The number of fused-ring (bicyclic) bond motifs is 1. The Morgan fingerprint density at radius 3 is 2.21 bits per heavy atom. The largest absolute Gasteiger partial charge is 0.416 e. The summed E-state index contributed by atoms with van der Waals surface area (Å²) < 4.78 is 40.1. The highest BCUT2D eigenvalue weighted by Gasteiger charge is 2.31. The third-order valence-corrected chi connectivity index (χ3v) is 6.55. The standard InChI is InChI=1S/C29H25F3N4O2/c30-29(31,32)23-13-11-21(12-14-23)19-35-15-16-36-26(28(35)38)18-25(34-36)27(37)33-24(22-9-5-2-6-10-22)17-20-7-3-1-4-8-20/h1-14,18,24H,15-17,19H2,(H,33,37)/t24-/m1/s1. The predicted octanol–water partition coefficient (Wildman–Crippen LogP) is 5.27. The van der Waals surface area contributed by atoms with Crippen LogP contribution in [0.25, 0.3) is 0 Å². The summed E-state index contributed by atoms with van der Waals surface area (Å²) in [4.78, 5) is 27.9. The number of alkyl halides is 3. The molecule has 1 aliphatic heterocycles. The maximum absolute atomic E-state index is 13.2. The number of nitrogens with zero attached hydrogens (tertiary/aromatic N) is 3. The monoisotopic (exact) mass is 518 g/mol. The van der Waals surface area contributed by atoms with E-state index in [2.05, 4.69) is 10.4 Å². The number of carbonyl (C=O) groups excluding carboxylic acids is 2. The van der Waals surface area contributed by atoms with Crippen LogP contribution in [0.5, 0.6) is 0 Å². The Labute approximate surface area is 217 Å². The van der Waals surface area contributed by atoms with E-state index in [4.69, 9.17) is 0 Å². The van der Waals surface area contributed by atoms with Gasteiger partial charge in [0.2, 0.25) is 0 Å². The van der Waals surface area contributed by atoms with Crippen LogP contribution in [-0.4, -0.2) is 33.0 Å². The van der Waals surface area contributed by atoms with E-state index >= 15 is 0 Å². The van der Waals surface area contributed by atoms with Crippen LogP contribution in [0, 0.1) is 0 Å². The molecule has 1 aliphatic rings. The van der Waals surface area contributed by atoms with Crippen molar-refractivity contribution < 1.29 is 22.8 Å². The number of hydrogen-bond donors (Lipinski definition) is 1. The smallest absolute Gasteiger partial charge is 0.344 e. The highest BCUT2D eigenvalue weighted by atomic mass is 19.4. The Morgan fingerprint density at radius 1 is 0.895 bits per heavy atom. The minimum absolute atomic E-state index is 0.138. The normalized spacial score (nSPS) is 14.2. The summed E-state index contributed by atoms with van der Waals surface area (Å²) in [5.41, 5.74) is 2.28. The van der Waals surface area contributed by atoms with E-state index in [9.17, 15) is 22.8 Å². The second kappa shape index (κ2) is 10.5. The van der Waals surface area contributed by atoms with Crippen LogP contribution in [-0.2, 0) is 25.7 Å². The van der Waals surface area contributed by atoms with Crippen molar-refractivity contribution in [3.05, 3.63) is 125 Å². The van der Waals surface area contributed by atoms with Crippen molar-refractivity contribution in [2.75, 3.05) is 6.54 Å². The molecule has 1 atom stereocenters. The minimum atomic E-state index is -4.41. The Hall–Kier alpha value is -4.40. The highest BCUT2D eigenvalue weighted by Crippen LogP contribution is 2.29. The molecule has 1 aromatic heterocycles. The van der Waals surface area contributed by atoms with Gasteiger partial charge < -0.3 is 10.2 Å². The van der Waals surface area contributed by atoms with Gasteiger partial charge in [-0.15, -0.1) is 0 Å². The van der Waals surface area contributed by atoms with Gasteiger partial charge in [-0.3, -0.25) is 14.3 Å². The van der Waals surface area contributed by atoms with Gasteiger partial charge in [-0.25, -0.2) is 0 Å². The molecule has 194 valence electrons. The van der Waals surface area contributed by atoms with Gasteiger partial charge in [-0.1, -0.05) is 72.8 Å². The lowest BCUT2D eigenvalue weighted by atomic mass is 9.98. The third kappa shape index (κ3) is 5.61. The molecule has 0 aliphatic carbocycles. The van der Waals surface area contributed by atoms with Crippen LogP contribution < -0.4 is 5.32 Å². The Morgan fingerprint density at radius 2 is 1.55 bits per heavy atom. The van der Waals surface area contributed by atoms with Gasteiger partial charge in [-0.2, -0.15) is 18.3 Å². The molecule has 0 saturated carbocycles. The topological polar surface area (TPSA) is 67.2 Å². The van der Waals surface area contributed by atoms with Crippen molar-refractivity contribution in [2.45, 2.75) is 31.7 Å². The number of amides is 2. The van der Waals surface area contributed by atoms with Crippen LogP contribution in [0.15, 0.2) is 91.0 Å². The van der Waals surface area contributed by atoms with Crippen LogP contribution in [0.1, 0.15) is 49.3 Å². The molecule has 2 amide bonds. The lowest BCUT2D eigenvalue weighted by molar-refractivity contribution is -0.137. The second-order valence-electron chi connectivity index (χ2n) is 9.19. The molecule has 0 unspecified atom stereocenters. The fourth-order valence-electron chi connectivity index (χ4n) is 4.54. The van der Waals surface area contributed by atoms with E-state index < -0.39 is 17.6 Å². The molecule has 0 saturated heterocycles. The summed E-state index contributed by atoms with van der Waals surface area (Å²) in [7, 11) is 0. The second-order valence-corrected chi connectivity index (χ2v) is 9.19. The quantitative estimate of drug-likeness (QED) is 0.363. The van der Waals surface area contributed by atoms with Crippen molar-refractivity contribution in [2.24, 2.45) is 0 Å². The number of rotatable bonds is 7. The van der Waals surface area contributed by atoms with E-state index in [0.29, 0.717) is 25.1 Å². The maximum Gasteiger partial charge on any atom is 0.416 e. The van der Waals surface area contributed by atoms with E-state index in [0.717, 1.165) is 23.3 Å². The fraction of sp³-hybridized carbons (Fsp3) is 0.207. The first-order chi connectivity index (χ1) is 18.3. The molecule has 0 fully saturated rings. The Balaban J connectivity index is 1.30. The lowest BCUT2D eigenvalue weighted by Crippen LogP contribution is -2.39. The predicted molar refractivity (Wildman–Crippen MR) is 135 cm³/mol. The molecule has 2 heterocycles. The summed E-state index contributed by atoms with van der Waals surface area (Å²) in [6.45, 7) is 0.869. The van der Waals surface area contributed by atoms with Crippen molar-refractivity contribution in [1.29, 1.82) is 0 Å². The van der Waals surface area contributed by atoms with E-state index in [-0.39, 0.29) is 29.9 Å². The van der Waals surface area contributed by atoms with Gasteiger partial charge in [0.15, 0.2) is 5.69 Å². The zero-order valence-corrected chi connectivity index (χ0v) is 20.4. The van der Waals surface area contributed by atoms with Gasteiger partial charge in [0.1, 0.15) is 5.69 Å². The molecule has 0 radical (unpaired) electrons. The van der Waals surface area contributed by atoms with Crippen LogP contribution >= 0.6 is 0 Å². The first kappa shape index (κ1) is 25.3. The average Bonchev–Trinajstić information content (AvgIpc) is 3.36. The number of halogens is 3. The van der Waals surface area contributed by atoms with Crippen molar-refractivity contribution in [1.82, 2.24) is 20.0 Å². The molecule has 9 heteroatoms. The number of hydrogen-bond acceptors (Lipinski definition) is 3. The van der Waals surface area contributed by atoms with Gasteiger partial charge in [0.05, 0.1) is 18.2 Å². The number of benzene rings is 3. The van der Waals surface area contributed by atoms with Gasteiger partial charge >= 0.3 is 6.18 Å². The molecule has 38 heavy (non-hydrogen) atoms. The Bertz CT molecular complexity index is 1420.